The van der Waals surface area contributed by atoms with E-state index in [0.29, 0.717) is 19.3 Å². The second kappa shape index (κ2) is 17.9. The average molecular weight is 798 g/mol. The third-order valence-electron chi connectivity index (χ3n) is 12.3. The highest BCUT2D eigenvalue weighted by Gasteiger charge is 2.29. The summed E-state index contributed by atoms with van der Waals surface area (Å²) in [6.45, 7) is 0. The second-order valence-electron chi connectivity index (χ2n) is 16.5. The Kier molecular flexibility index (Phi) is 10.0. The predicted octanol–water partition coefficient (Wildman–Crippen LogP) is 14.7. The van der Waals surface area contributed by atoms with Gasteiger partial charge in [-0.2, -0.15) is 0 Å². The van der Waals surface area contributed by atoms with Crippen LogP contribution in [0.15, 0.2) is 187 Å². The summed E-state index contributed by atoms with van der Waals surface area (Å²) >= 11 is 0. The topological polar surface area (TPSA) is 51.8 Å². The monoisotopic (exact) mass is 797 g/mol. The van der Waals surface area contributed by atoms with E-state index in [1.54, 1.807) is 12.4 Å². The van der Waals surface area contributed by atoms with Crippen LogP contribution in [0.5, 0.6) is 0 Å². The van der Waals surface area contributed by atoms with Crippen molar-refractivity contribution in [2.75, 3.05) is 0 Å². The van der Waals surface area contributed by atoms with Crippen molar-refractivity contribution in [3.63, 3.8) is 0 Å². The Hall–Kier alpha value is -6.65. The van der Waals surface area contributed by atoms with Gasteiger partial charge in [0.2, 0.25) is 0 Å². The van der Waals surface area contributed by atoms with Gasteiger partial charge >= 0.3 is 0 Å². The van der Waals surface area contributed by atoms with Crippen molar-refractivity contribution in [3.8, 4) is 44.9 Å². The molecule has 4 nitrogen and oxygen atoms in total. The lowest BCUT2D eigenvalue weighted by atomic mass is 9.70. The predicted molar refractivity (Wildman–Crippen MR) is 251 cm³/mol. The van der Waals surface area contributed by atoms with Crippen LogP contribution in [-0.2, 0) is 19.3 Å². The summed E-state index contributed by atoms with van der Waals surface area (Å²) in [7, 11) is 0. The number of nitrogens with zero attached hydrogens (tertiary/aromatic N) is 3. The zero-order valence-electron chi connectivity index (χ0n) is 38.3. The molecule has 0 spiro atoms. The minimum Gasteiger partial charge on any atom is -0.455 e. The molecular weight excluding hydrogens is 743 g/mol. The molecule has 1 saturated carbocycles. The smallest absolute Gasteiger partial charge is 0.144 e. The number of aromatic nitrogens is 3. The quantitative estimate of drug-likeness (QED) is 0.117. The third-order valence-corrected chi connectivity index (χ3v) is 12.3. The molecule has 10 rings (SSSR count). The van der Waals surface area contributed by atoms with E-state index in [2.05, 4.69) is 60.7 Å². The van der Waals surface area contributed by atoms with E-state index in [1.165, 1.54) is 0 Å². The highest BCUT2D eigenvalue weighted by atomic mass is 16.3. The molecular formula is C57H51N3O. The minimum absolute atomic E-state index is 0.157. The first-order valence-corrected chi connectivity index (χ1v) is 21.6. The van der Waals surface area contributed by atoms with Crippen LogP contribution in [0.25, 0.3) is 66.8 Å². The zero-order valence-corrected chi connectivity index (χ0v) is 34.3. The number of furan rings is 1. The molecule has 1 aliphatic rings. The van der Waals surface area contributed by atoms with E-state index in [4.69, 9.17) is 19.4 Å². The van der Waals surface area contributed by atoms with Crippen molar-refractivity contribution in [1.29, 1.82) is 0 Å². The molecule has 0 amide bonds. The van der Waals surface area contributed by atoms with Crippen molar-refractivity contribution in [2.24, 2.45) is 17.8 Å². The SMILES string of the molecule is [2H]C([2H])(Cc1ccc(-c2ccccc2)nc1)C1CC(CCc2ccc(-c3ccccc3)nc2)CC(C([2H])([2H])Cc2ccc(-c3cccc4c3oc3cc(-c5ccccc5)ccc34)nc2)C1. The highest BCUT2D eigenvalue weighted by Crippen LogP contribution is 2.41. The van der Waals surface area contributed by atoms with Crippen LogP contribution in [0.4, 0.5) is 0 Å². The maximum absolute atomic E-state index is 9.62. The maximum atomic E-state index is 9.62. The van der Waals surface area contributed by atoms with E-state index in [9.17, 15) is 5.48 Å². The first kappa shape index (κ1) is 34.1. The Balaban J connectivity index is 0.874. The molecule has 4 heterocycles. The Morgan fingerprint density at radius 3 is 1.52 bits per heavy atom. The van der Waals surface area contributed by atoms with Crippen LogP contribution in [0.2, 0.25) is 0 Å². The van der Waals surface area contributed by atoms with Gasteiger partial charge in [0.05, 0.1) is 17.1 Å². The summed E-state index contributed by atoms with van der Waals surface area (Å²) in [5, 5.41) is 2.08. The summed E-state index contributed by atoms with van der Waals surface area (Å²) in [6, 6.07) is 55.1. The van der Waals surface area contributed by atoms with Gasteiger partial charge in [-0.05, 0) is 140 Å². The van der Waals surface area contributed by atoms with Crippen LogP contribution < -0.4 is 0 Å². The van der Waals surface area contributed by atoms with Gasteiger partial charge in [0.15, 0.2) is 0 Å². The molecule has 0 saturated heterocycles. The Morgan fingerprint density at radius 1 is 0.443 bits per heavy atom. The van der Waals surface area contributed by atoms with Crippen molar-refractivity contribution >= 4 is 21.9 Å². The van der Waals surface area contributed by atoms with Crippen LogP contribution in [0, 0.1) is 17.8 Å². The van der Waals surface area contributed by atoms with Crippen molar-refractivity contribution in [1.82, 2.24) is 15.0 Å². The molecule has 0 bridgehead atoms. The molecule has 4 heteroatoms. The van der Waals surface area contributed by atoms with Gasteiger partial charge in [-0.3, -0.25) is 15.0 Å². The van der Waals surface area contributed by atoms with Gasteiger partial charge < -0.3 is 4.42 Å². The van der Waals surface area contributed by atoms with Gasteiger partial charge in [0, 0.05) is 51.5 Å². The fraction of sp³-hybridized carbons (Fsp3) is 0.211. The van der Waals surface area contributed by atoms with E-state index < -0.39 is 12.7 Å². The molecule has 1 aliphatic carbocycles. The summed E-state index contributed by atoms with van der Waals surface area (Å²) in [5.74, 6) is -0.490. The number of hydrogen-bond donors (Lipinski definition) is 0. The molecule has 5 aromatic carbocycles. The van der Waals surface area contributed by atoms with Crippen LogP contribution in [-0.4, -0.2) is 15.0 Å². The van der Waals surface area contributed by atoms with Crippen molar-refractivity contribution in [3.05, 3.63) is 199 Å². The second-order valence-corrected chi connectivity index (χ2v) is 16.5. The lowest BCUT2D eigenvalue weighted by Crippen LogP contribution is -2.24. The highest BCUT2D eigenvalue weighted by molar-refractivity contribution is 6.10. The Bertz CT molecular complexity index is 3010. The van der Waals surface area contributed by atoms with E-state index in [1.807, 2.05) is 109 Å². The third kappa shape index (κ3) is 8.95. The standard InChI is InChI=1S/C57H51N3O/c1-4-11-46(12-5-1)49-28-29-50-51-17-10-18-52(57(51)61-56(50)36-49)55-32-27-42(39-60-55)21-24-45-34-43(22-19-40-25-30-53(58-37-40)47-13-6-2-7-14-47)33-44(35-45)23-20-41-26-31-54(59-38-41)48-15-8-3-9-16-48/h1-18,25-32,36-39,43-45H,19-24,33-35H2/i22D2,24D2. The molecule has 9 aromatic rings. The lowest BCUT2D eigenvalue weighted by Gasteiger charge is -2.35. The van der Waals surface area contributed by atoms with Crippen LogP contribution >= 0.6 is 0 Å². The molecule has 4 aromatic heterocycles. The van der Waals surface area contributed by atoms with Gasteiger partial charge in [-0.15, -0.1) is 0 Å². The van der Waals surface area contributed by atoms with Gasteiger partial charge in [0.25, 0.3) is 0 Å². The number of benzene rings is 5. The molecule has 1 fully saturated rings. The summed E-state index contributed by atoms with van der Waals surface area (Å²) < 4.78 is 44.8. The fourth-order valence-corrected chi connectivity index (χ4v) is 9.06. The summed E-state index contributed by atoms with van der Waals surface area (Å²) in [6.07, 6.45) is 6.39. The van der Waals surface area contributed by atoms with E-state index in [-0.39, 0.29) is 30.6 Å². The molecule has 300 valence electrons. The van der Waals surface area contributed by atoms with Gasteiger partial charge in [0.1, 0.15) is 11.2 Å². The zero-order chi connectivity index (χ0) is 44.4. The maximum Gasteiger partial charge on any atom is 0.144 e. The van der Waals surface area contributed by atoms with Crippen LogP contribution in [0.3, 0.4) is 0 Å². The average Bonchev–Trinajstić information content (AvgIpc) is 3.73. The molecule has 0 radical (unpaired) electrons. The first-order chi connectivity index (χ1) is 31.6. The number of para-hydroxylation sites is 1. The summed E-state index contributed by atoms with van der Waals surface area (Å²) in [4.78, 5) is 14.4. The fourth-order valence-electron chi connectivity index (χ4n) is 9.06. The number of rotatable bonds is 13. The normalized spacial score (nSPS) is 18.0. The Morgan fingerprint density at radius 2 is 0.967 bits per heavy atom. The Labute approximate surface area is 365 Å². The van der Waals surface area contributed by atoms with Gasteiger partial charge in [-0.25, -0.2) is 0 Å². The van der Waals surface area contributed by atoms with E-state index in [0.717, 1.165) is 96.4 Å². The van der Waals surface area contributed by atoms with Crippen molar-refractivity contribution in [2.45, 2.75) is 57.7 Å². The molecule has 61 heavy (non-hydrogen) atoms. The van der Waals surface area contributed by atoms with E-state index >= 15 is 0 Å². The largest absolute Gasteiger partial charge is 0.455 e. The number of aryl methyl sites for hydroxylation is 3. The molecule has 0 aliphatic heterocycles. The minimum atomic E-state index is -1.58. The number of pyridine rings is 3. The van der Waals surface area contributed by atoms with Crippen molar-refractivity contribution < 1.29 is 9.90 Å². The summed E-state index contributed by atoms with van der Waals surface area (Å²) in [5.41, 5.74) is 12.2. The van der Waals surface area contributed by atoms with Gasteiger partial charge in [-0.1, -0.05) is 127 Å². The number of hydrogen-bond acceptors (Lipinski definition) is 4. The molecule has 3 unspecified atom stereocenters. The number of fused-ring (bicyclic) bond motifs is 3. The molecule has 3 atom stereocenters. The van der Waals surface area contributed by atoms with Crippen LogP contribution in [0.1, 0.15) is 60.6 Å². The molecule has 0 N–H and O–H groups in total. The first-order valence-electron chi connectivity index (χ1n) is 23.6. The lowest BCUT2D eigenvalue weighted by molar-refractivity contribution is 0.172.